The summed E-state index contributed by atoms with van der Waals surface area (Å²) in [5.74, 6) is -12.8. The SMILES string of the molecule is Cc1cc(C)c(OC(=O)c2c(F)c(F)c(F)c(F)c2C(=O)O)c(C)c1. The largest absolute Gasteiger partial charge is 0.478 e. The number of ether oxygens (including phenoxy) is 1. The van der Waals surface area contributed by atoms with Gasteiger partial charge in [-0.25, -0.2) is 27.2 Å². The molecule has 132 valence electrons. The minimum atomic E-state index is -2.32. The molecule has 0 unspecified atom stereocenters. The van der Waals surface area contributed by atoms with Gasteiger partial charge in [-0.3, -0.25) is 0 Å². The van der Waals surface area contributed by atoms with Gasteiger partial charge in [0.25, 0.3) is 0 Å². The average molecular weight is 356 g/mol. The van der Waals surface area contributed by atoms with E-state index in [0.29, 0.717) is 11.1 Å². The Labute approximate surface area is 139 Å². The summed E-state index contributed by atoms with van der Waals surface area (Å²) in [6, 6.07) is 3.27. The summed E-state index contributed by atoms with van der Waals surface area (Å²) in [6.07, 6.45) is 0. The quantitative estimate of drug-likeness (QED) is 0.296. The van der Waals surface area contributed by atoms with Gasteiger partial charge in [0.1, 0.15) is 16.9 Å². The Bertz CT molecular complexity index is 883. The molecule has 2 aromatic carbocycles. The lowest BCUT2D eigenvalue weighted by atomic mass is 10.0. The van der Waals surface area contributed by atoms with Gasteiger partial charge < -0.3 is 9.84 Å². The van der Waals surface area contributed by atoms with Gasteiger partial charge in [-0.2, -0.15) is 0 Å². The van der Waals surface area contributed by atoms with Crippen LogP contribution in [0.15, 0.2) is 12.1 Å². The van der Waals surface area contributed by atoms with E-state index in [1.807, 2.05) is 0 Å². The Hall–Kier alpha value is -2.90. The number of carbonyl (C=O) groups excluding carboxylic acids is 1. The second kappa shape index (κ2) is 6.54. The van der Waals surface area contributed by atoms with Crippen molar-refractivity contribution in [2.24, 2.45) is 0 Å². The fourth-order valence-corrected chi connectivity index (χ4v) is 2.50. The third-order valence-electron chi connectivity index (χ3n) is 3.48. The molecule has 0 atom stereocenters. The van der Waals surface area contributed by atoms with E-state index in [9.17, 15) is 27.2 Å². The highest BCUT2D eigenvalue weighted by atomic mass is 19.2. The highest BCUT2D eigenvalue weighted by Crippen LogP contribution is 2.29. The minimum absolute atomic E-state index is 0.0171. The molecule has 0 aliphatic carbocycles. The van der Waals surface area contributed by atoms with Crippen molar-refractivity contribution in [3.63, 3.8) is 0 Å². The number of aromatic carboxylic acids is 1. The molecule has 0 amide bonds. The molecule has 0 heterocycles. The summed E-state index contributed by atoms with van der Waals surface area (Å²) in [5.41, 5.74) is -1.39. The molecule has 2 rings (SSSR count). The average Bonchev–Trinajstić information content (AvgIpc) is 2.51. The maximum absolute atomic E-state index is 13.9. The second-order valence-corrected chi connectivity index (χ2v) is 5.43. The number of benzene rings is 2. The maximum Gasteiger partial charge on any atom is 0.347 e. The van der Waals surface area contributed by atoms with E-state index in [2.05, 4.69) is 0 Å². The lowest BCUT2D eigenvalue weighted by Gasteiger charge is -2.14. The van der Waals surface area contributed by atoms with Crippen LogP contribution in [0, 0.1) is 44.0 Å². The molecule has 0 aliphatic heterocycles. The fraction of sp³-hybridized carbons (Fsp3) is 0.176. The zero-order chi connectivity index (χ0) is 19.0. The molecule has 0 aliphatic rings. The molecule has 2 aromatic rings. The Morgan fingerprint density at radius 3 is 1.72 bits per heavy atom. The zero-order valence-electron chi connectivity index (χ0n) is 13.3. The number of hydrogen-bond acceptors (Lipinski definition) is 3. The number of rotatable bonds is 3. The van der Waals surface area contributed by atoms with E-state index in [4.69, 9.17) is 9.84 Å². The molecule has 0 radical (unpaired) electrons. The highest BCUT2D eigenvalue weighted by Gasteiger charge is 2.34. The van der Waals surface area contributed by atoms with Gasteiger partial charge in [-0.05, 0) is 31.9 Å². The predicted octanol–water partition coefficient (Wildman–Crippen LogP) is 4.09. The first kappa shape index (κ1) is 18.4. The predicted molar refractivity (Wildman–Crippen MR) is 78.8 cm³/mol. The van der Waals surface area contributed by atoms with E-state index in [1.165, 1.54) is 0 Å². The minimum Gasteiger partial charge on any atom is -0.478 e. The van der Waals surface area contributed by atoms with Gasteiger partial charge in [-0.15, -0.1) is 0 Å². The smallest absolute Gasteiger partial charge is 0.347 e. The molecular formula is C17H12F4O4. The number of aryl methyl sites for hydroxylation is 3. The first-order valence-electron chi connectivity index (χ1n) is 6.95. The second-order valence-electron chi connectivity index (χ2n) is 5.43. The van der Waals surface area contributed by atoms with Crippen LogP contribution in [-0.2, 0) is 0 Å². The molecule has 0 saturated heterocycles. The fourth-order valence-electron chi connectivity index (χ4n) is 2.50. The van der Waals surface area contributed by atoms with Crippen molar-refractivity contribution in [1.82, 2.24) is 0 Å². The molecule has 0 aromatic heterocycles. The van der Waals surface area contributed by atoms with Crippen LogP contribution in [0.2, 0.25) is 0 Å². The lowest BCUT2D eigenvalue weighted by Crippen LogP contribution is -2.21. The monoisotopic (exact) mass is 356 g/mol. The third-order valence-corrected chi connectivity index (χ3v) is 3.48. The Kier molecular flexibility index (Phi) is 4.82. The van der Waals surface area contributed by atoms with Crippen molar-refractivity contribution in [2.45, 2.75) is 20.8 Å². The normalized spacial score (nSPS) is 10.7. The first-order chi connectivity index (χ1) is 11.6. The molecule has 4 nitrogen and oxygen atoms in total. The Morgan fingerprint density at radius 1 is 0.840 bits per heavy atom. The van der Waals surface area contributed by atoms with E-state index in [-0.39, 0.29) is 5.75 Å². The number of esters is 1. The van der Waals surface area contributed by atoms with Gasteiger partial charge in [0, 0.05) is 0 Å². The van der Waals surface area contributed by atoms with Crippen LogP contribution in [0.1, 0.15) is 37.4 Å². The molecule has 0 fully saturated rings. The molecule has 25 heavy (non-hydrogen) atoms. The summed E-state index contributed by atoms with van der Waals surface area (Å²) in [6.45, 7) is 4.92. The van der Waals surface area contributed by atoms with Gasteiger partial charge in [0.05, 0.1) is 0 Å². The van der Waals surface area contributed by atoms with Crippen molar-refractivity contribution >= 4 is 11.9 Å². The van der Waals surface area contributed by atoms with E-state index < -0.39 is 46.3 Å². The maximum atomic E-state index is 13.9. The van der Waals surface area contributed by atoms with E-state index >= 15 is 0 Å². The van der Waals surface area contributed by atoms with Crippen molar-refractivity contribution in [1.29, 1.82) is 0 Å². The summed E-state index contributed by atoms with van der Waals surface area (Å²) >= 11 is 0. The van der Waals surface area contributed by atoms with Gasteiger partial charge in [0.15, 0.2) is 23.3 Å². The van der Waals surface area contributed by atoms with Gasteiger partial charge in [0.2, 0.25) is 0 Å². The summed E-state index contributed by atoms with van der Waals surface area (Å²) in [4.78, 5) is 23.3. The standard InChI is InChI=1S/C17H12F4O4/c1-6-4-7(2)15(8(3)5-6)25-17(24)10-9(16(22)23)11(18)13(20)14(21)12(10)19/h4-5H,1-3H3,(H,22,23). The highest BCUT2D eigenvalue weighted by molar-refractivity contribution is 6.03. The Morgan fingerprint density at radius 2 is 1.28 bits per heavy atom. The molecule has 8 heteroatoms. The molecule has 1 N–H and O–H groups in total. The van der Waals surface area contributed by atoms with Crippen LogP contribution in [-0.4, -0.2) is 17.0 Å². The number of carboxylic acids is 1. The number of carbonyl (C=O) groups is 2. The lowest BCUT2D eigenvalue weighted by molar-refractivity contribution is 0.0655. The van der Waals surface area contributed by atoms with E-state index in [0.717, 1.165) is 5.56 Å². The summed E-state index contributed by atoms with van der Waals surface area (Å²) in [7, 11) is 0. The van der Waals surface area contributed by atoms with Gasteiger partial charge in [-0.1, -0.05) is 17.7 Å². The number of halogens is 4. The van der Waals surface area contributed by atoms with Crippen molar-refractivity contribution in [2.75, 3.05) is 0 Å². The van der Waals surface area contributed by atoms with Crippen LogP contribution in [0.3, 0.4) is 0 Å². The van der Waals surface area contributed by atoms with Gasteiger partial charge >= 0.3 is 11.9 Å². The van der Waals surface area contributed by atoms with Crippen LogP contribution >= 0.6 is 0 Å². The molecule has 0 bridgehead atoms. The van der Waals surface area contributed by atoms with Crippen molar-refractivity contribution < 1.29 is 37.0 Å². The topological polar surface area (TPSA) is 63.6 Å². The molecule has 0 spiro atoms. The van der Waals surface area contributed by atoms with Crippen LogP contribution in [0.5, 0.6) is 5.75 Å². The zero-order valence-corrected chi connectivity index (χ0v) is 13.3. The van der Waals surface area contributed by atoms with Crippen LogP contribution in [0.25, 0.3) is 0 Å². The van der Waals surface area contributed by atoms with E-state index in [1.54, 1.807) is 32.9 Å². The van der Waals surface area contributed by atoms with Crippen molar-refractivity contribution in [3.05, 3.63) is 63.2 Å². The Balaban J connectivity index is 2.63. The first-order valence-corrected chi connectivity index (χ1v) is 6.95. The molecular weight excluding hydrogens is 344 g/mol. The molecule has 0 saturated carbocycles. The third kappa shape index (κ3) is 3.19. The summed E-state index contributed by atoms with van der Waals surface area (Å²) < 4.78 is 59.2. The number of hydrogen-bond donors (Lipinski definition) is 1. The van der Waals surface area contributed by atoms with Crippen molar-refractivity contribution in [3.8, 4) is 5.75 Å². The van der Waals surface area contributed by atoms with Crippen LogP contribution in [0.4, 0.5) is 17.6 Å². The number of carboxylic acid groups (broad SMARTS) is 1. The summed E-state index contributed by atoms with van der Waals surface area (Å²) in [5, 5.41) is 8.94. The van der Waals surface area contributed by atoms with Crippen LogP contribution < -0.4 is 4.74 Å².